The highest BCUT2D eigenvalue weighted by Crippen LogP contribution is 2.44. The molecule has 0 radical (unpaired) electrons. The average Bonchev–Trinajstić information content (AvgIpc) is 3.21. The van der Waals surface area contributed by atoms with E-state index in [9.17, 15) is 4.79 Å². The van der Waals surface area contributed by atoms with Gasteiger partial charge in [0.1, 0.15) is 0 Å². The average molecular weight is 261 g/mol. The van der Waals surface area contributed by atoms with Crippen LogP contribution in [0.1, 0.15) is 43.2 Å². The molecule has 0 heterocycles. The van der Waals surface area contributed by atoms with Gasteiger partial charge in [-0.3, -0.25) is 4.79 Å². The predicted octanol–water partition coefficient (Wildman–Crippen LogP) is 2.38. The molecule has 2 N–H and O–H groups in total. The van der Waals surface area contributed by atoms with Gasteiger partial charge in [0.25, 0.3) is 0 Å². The monoisotopic (exact) mass is 261 g/mol. The number of aliphatic hydroxyl groups is 1. The molecule has 1 aromatic rings. The fourth-order valence-corrected chi connectivity index (χ4v) is 2.45. The molecule has 0 spiro atoms. The molecule has 19 heavy (non-hydrogen) atoms. The molecule has 0 saturated heterocycles. The second kappa shape index (κ2) is 6.20. The Morgan fingerprint density at radius 2 is 2.00 bits per heavy atom. The van der Waals surface area contributed by atoms with Gasteiger partial charge >= 0.3 is 0 Å². The molecule has 1 amide bonds. The van der Waals surface area contributed by atoms with Gasteiger partial charge in [0.2, 0.25) is 5.91 Å². The summed E-state index contributed by atoms with van der Waals surface area (Å²) in [5.41, 5.74) is 2.51. The Hall–Kier alpha value is -1.35. The van der Waals surface area contributed by atoms with Crippen molar-refractivity contribution in [2.45, 2.75) is 45.1 Å². The molecule has 1 aromatic carbocycles. The summed E-state index contributed by atoms with van der Waals surface area (Å²) in [6, 6.07) is 8.34. The van der Waals surface area contributed by atoms with E-state index >= 15 is 0 Å². The summed E-state index contributed by atoms with van der Waals surface area (Å²) in [5.74, 6) is 1.02. The lowest BCUT2D eigenvalue weighted by Crippen LogP contribution is -2.35. The van der Waals surface area contributed by atoms with Gasteiger partial charge in [-0.1, -0.05) is 29.8 Å². The largest absolute Gasteiger partial charge is 0.394 e. The minimum atomic E-state index is -0.162. The van der Waals surface area contributed by atoms with Crippen LogP contribution in [0.2, 0.25) is 0 Å². The van der Waals surface area contributed by atoms with E-state index in [0.29, 0.717) is 18.3 Å². The maximum Gasteiger partial charge on any atom is 0.220 e. The fourth-order valence-electron chi connectivity index (χ4n) is 2.45. The lowest BCUT2D eigenvalue weighted by Gasteiger charge is -2.18. The number of aliphatic hydroxyl groups excluding tert-OH is 1. The Kier molecular flexibility index (Phi) is 4.59. The molecule has 104 valence electrons. The van der Waals surface area contributed by atoms with Gasteiger partial charge in [-0.25, -0.2) is 0 Å². The van der Waals surface area contributed by atoms with Crippen molar-refractivity contribution in [1.29, 1.82) is 0 Å². The molecular weight excluding hydrogens is 238 g/mol. The van der Waals surface area contributed by atoms with Crippen LogP contribution in [0.3, 0.4) is 0 Å². The summed E-state index contributed by atoms with van der Waals surface area (Å²) in [5, 5.41) is 11.8. The smallest absolute Gasteiger partial charge is 0.220 e. The molecule has 0 aliphatic heterocycles. The van der Waals surface area contributed by atoms with Crippen molar-refractivity contribution in [3.8, 4) is 0 Å². The van der Waals surface area contributed by atoms with Gasteiger partial charge in [0.05, 0.1) is 6.61 Å². The van der Waals surface area contributed by atoms with Crippen LogP contribution in [-0.2, 0) is 4.79 Å². The van der Waals surface area contributed by atoms with E-state index in [1.807, 2.05) is 6.92 Å². The summed E-state index contributed by atoms with van der Waals surface area (Å²) in [6.07, 6.45) is 2.97. The lowest BCUT2D eigenvalue weighted by atomic mass is 9.90. The topological polar surface area (TPSA) is 49.3 Å². The number of benzene rings is 1. The minimum Gasteiger partial charge on any atom is -0.394 e. The highest BCUT2D eigenvalue weighted by Gasteiger charge is 2.33. The van der Waals surface area contributed by atoms with E-state index in [-0.39, 0.29) is 18.6 Å². The van der Waals surface area contributed by atoms with Crippen molar-refractivity contribution in [2.24, 2.45) is 5.92 Å². The minimum absolute atomic E-state index is 0.00956. The predicted molar refractivity (Wildman–Crippen MR) is 76.0 cm³/mol. The maximum atomic E-state index is 12.0. The van der Waals surface area contributed by atoms with Crippen LogP contribution in [0.5, 0.6) is 0 Å². The third kappa shape index (κ3) is 4.06. The molecule has 2 atom stereocenters. The Morgan fingerprint density at radius 1 is 1.37 bits per heavy atom. The zero-order valence-electron chi connectivity index (χ0n) is 11.7. The molecule has 1 fully saturated rings. The molecule has 1 aliphatic rings. The number of hydrogen-bond donors (Lipinski definition) is 2. The van der Waals surface area contributed by atoms with Crippen LogP contribution in [0.25, 0.3) is 0 Å². The number of carbonyl (C=O) groups excluding carboxylic acids is 1. The second-order valence-corrected chi connectivity index (χ2v) is 5.71. The number of hydrogen-bond acceptors (Lipinski definition) is 2. The summed E-state index contributed by atoms with van der Waals surface area (Å²) in [7, 11) is 0. The third-order valence-electron chi connectivity index (χ3n) is 3.78. The second-order valence-electron chi connectivity index (χ2n) is 5.71. The van der Waals surface area contributed by atoms with Crippen LogP contribution in [0, 0.1) is 12.8 Å². The van der Waals surface area contributed by atoms with E-state index in [1.165, 1.54) is 24.0 Å². The SMILES string of the molecule is Cc1ccc(C(CC(=O)N[C@@H](C)CO)C2CC2)cc1. The number of nitrogens with one attached hydrogen (secondary N) is 1. The lowest BCUT2D eigenvalue weighted by molar-refractivity contribution is -0.122. The van der Waals surface area contributed by atoms with E-state index in [2.05, 4.69) is 36.5 Å². The van der Waals surface area contributed by atoms with Gasteiger partial charge in [-0.05, 0) is 44.1 Å². The standard InChI is InChI=1S/C16H23NO2/c1-11-3-5-13(6-4-11)15(14-7-8-14)9-16(19)17-12(2)10-18/h3-6,12,14-15,18H,7-10H2,1-2H3,(H,17,19)/t12-,15?/m0/s1. The molecule has 0 bridgehead atoms. The number of rotatable bonds is 6. The normalized spacial score (nSPS) is 17.8. The first-order valence-electron chi connectivity index (χ1n) is 7.07. The molecule has 0 aromatic heterocycles. The number of aryl methyl sites for hydroxylation is 1. The van der Waals surface area contributed by atoms with E-state index < -0.39 is 0 Å². The first-order chi connectivity index (χ1) is 9.10. The molecule has 1 saturated carbocycles. The first-order valence-corrected chi connectivity index (χ1v) is 7.07. The quantitative estimate of drug-likeness (QED) is 0.826. The van der Waals surface area contributed by atoms with Crippen molar-refractivity contribution in [1.82, 2.24) is 5.32 Å². The Balaban J connectivity index is 2.00. The molecule has 3 heteroatoms. The maximum absolute atomic E-state index is 12.0. The van der Waals surface area contributed by atoms with Crippen molar-refractivity contribution in [3.63, 3.8) is 0 Å². The van der Waals surface area contributed by atoms with E-state index in [0.717, 1.165) is 0 Å². The Bertz CT molecular complexity index is 423. The highest BCUT2D eigenvalue weighted by molar-refractivity contribution is 5.77. The van der Waals surface area contributed by atoms with Gasteiger partial charge in [-0.2, -0.15) is 0 Å². The number of amides is 1. The van der Waals surface area contributed by atoms with Crippen LogP contribution < -0.4 is 5.32 Å². The summed E-state index contributed by atoms with van der Waals surface area (Å²) in [6.45, 7) is 3.88. The molecule has 1 unspecified atom stereocenters. The molecule has 3 nitrogen and oxygen atoms in total. The van der Waals surface area contributed by atoms with Gasteiger partial charge in [-0.15, -0.1) is 0 Å². The molecule has 1 aliphatic carbocycles. The van der Waals surface area contributed by atoms with Crippen molar-refractivity contribution >= 4 is 5.91 Å². The van der Waals surface area contributed by atoms with Crippen molar-refractivity contribution < 1.29 is 9.90 Å². The summed E-state index contributed by atoms with van der Waals surface area (Å²) < 4.78 is 0. The highest BCUT2D eigenvalue weighted by atomic mass is 16.3. The Labute approximate surface area is 115 Å². The van der Waals surface area contributed by atoms with Gasteiger partial charge in [0, 0.05) is 12.5 Å². The van der Waals surface area contributed by atoms with Crippen LogP contribution in [0.15, 0.2) is 24.3 Å². The van der Waals surface area contributed by atoms with Crippen molar-refractivity contribution in [2.75, 3.05) is 6.61 Å². The van der Waals surface area contributed by atoms with Crippen LogP contribution in [-0.4, -0.2) is 23.7 Å². The number of carbonyl (C=O) groups is 1. The third-order valence-corrected chi connectivity index (χ3v) is 3.78. The van der Waals surface area contributed by atoms with E-state index in [4.69, 9.17) is 5.11 Å². The zero-order valence-corrected chi connectivity index (χ0v) is 11.7. The van der Waals surface area contributed by atoms with Crippen molar-refractivity contribution in [3.05, 3.63) is 35.4 Å². The summed E-state index contributed by atoms with van der Waals surface area (Å²) in [4.78, 5) is 12.0. The Morgan fingerprint density at radius 3 is 2.53 bits per heavy atom. The van der Waals surface area contributed by atoms with Crippen LogP contribution in [0.4, 0.5) is 0 Å². The molecule has 2 rings (SSSR count). The van der Waals surface area contributed by atoms with E-state index in [1.54, 1.807) is 0 Å². The van der Waals surface area contributed by atoms with Gasteiger partial charge < -0.3 is 10.4 Å². The molecular formula is C16H23NO2. The summed E-state index contributed by atoms with van der Waals surface area (Å²) >= 11 is 0. The zero-order chi connectivity index (χ0) is 13.8. The first kappa shape index (κ1) is 14.1. The fraction of sp³-hybridized carbons (Fsp3) is 0.562. The van der Waals surface area contributed by atoms with Crippen LogP contribution >= 0.6 is 0 Å². The van der Waals surface area contributed by atoms with Gasteiger partial charge in [0.15, 0.2) is 0 Å².